The first-order valence-corrected chi connectivity index (χ1v) is 10.3. The molecule has 0 aliphatic carbocycles. The SMILES string of the molecule is O=C(NCC(CO)Cc1cc(F)ccc1F)C1CCN(c2ccc3nncn3n2)CC1. The van der Waals surface area contributed by atoms with Crippen molar-refractivity contribution in [3.63, 3.8) is 0 Å². The molecule has 0 spiro atoms. The molecule has 1 amide bonds. The van der Waals surface area contributed by atoms with Crippen molar-refractivity contribution >= 4 is 17.4 Å². The van der Waals surface area contributed by atoms with Crippen molar-refractivity contribution in [2.24, 2.45) is 11.8 Å². The molecule has 2 N–H and O–H groups in total. The Morgan fingerprint density at radius 2 is 2.03 bits per heavy atom. The number of carbonyl (C=O) groups is 1. The summed E-state index contributed by atoms with van der Waals surface area (Å²) in [6, 6.07) is 7.00. The number of nitrogens with zero attached hydrogens (tertiary/aromatic N) is 5. The summed E-state index contributed by atoms with van der Waals surface area (Å²) >= 11 is 0. The van der Waals surface area contributed by atoms with Crippen LogP contribution in [0.5, 0.6) is 0 Å². The summed E-state index contributed by atoms with van der Waals surface area (Å²) in [5, 5.41) is 24.7. The number of hydrogen-bond donors (Lipinski definition) is 2. The van der Waals surface area contributed by atoms with Crippen molar-refractivity contribution in [2.75, 3.05) is 31.1 Å². The molecule has 1 aliphatic rings. The molecule has 3 heterocycles. The molecule has 1 aromatic carbocycles. The Balaban J connectivity index is 1.27. The molecular weight excluding hydrogens is 406 g/mol. The molecule has 164 valence electrons. The molecular formula is C21H24F2N6O2. The quantitative estimate of drug-likeness (QED) is 0.591. The second-order valence-electron chi connectivity index (χ2n) is 7.82. The lowest BCUT2D eigenvalue weighted by Gasteiger charge is -2.32. The van der Waals surface area contributed by atoms with Gasteiger partial charge in [-0.05, 0) is 55.2 Å². The number of aliphatic hydroxyl groups is 1. The van der Waals surface area contributed by atoms with E-state index in [2.05, 4.69) is 25.5 Å². The van der Waals surface area contributed by atoms with E-state index < -0.39 is 11.6 Å². The van der Waals surface area contributed by atoms with Crippen molar-refractivity contribution in [3.8, 4) is 0 Å². The second kappa shape index (κ2) is 9.34. The molecule has 1 unspecified atom stereocenters. The predicted molar refractivity (Wildman–Crippen MR) is 109 cm³/mol. The van der Waals surface area contributed by atoms with E-state index in [-0.39, 0.29) is 42.9 Å². The predicted octanol–water partition coefficient (Wildman–Crippen LogP) is 1.59. The van der Waals surface area contributed by atoms with E-state index in [1.54, 1.807) is 10.8 Å². The molecule has 3 aromatic rings. The van der Waals surface area contributed by atoms with Gasteiger partial charge in [0.05, 0.1) is 0 Å². The highest BCUT2D eigenvalue weighted by Crippen LogP contribution is 2.22. The first kappa shape index (κ1) is 21.1. The highest BCUT2D eigenvalue weighted by Gasteiger charge is 2.26. The molecule has 10 heteroatoms. The summed E-state index contributed by atoms with van der Waals surface area (Å²) in [4.78, 5) is 14.7. The molecule has 4 rings (SSSR count). The van der Waals surface area contributed by atoms with Gasteiger partial charge in [0, 0.05) is 38.1 Å². The van der Waals surface area contributed by atoms with Crippen LogP contribution in [0.3, 0.4) is 0 Å². The first-order valence-electron chi connectivity index (χ1n) is 10.3. The van der Waals surface area contributed by atoms with Crippen molar-refractivity contribution in [3.05, 3.63) is 53.9 Å². The third-order valence-electron chi connectivity index (χ3n) is 5.68. The fourth-order valence-electron chi connectivity index (χ4n) is 3.86. The van der Waals surface area contributed by atoms with Gasteiger partial charge in [0.1, 0.15) is 23.8 Å². The molecule has 1 aliphatic heterocycles. The Morgan fingerprint density at radius 1 is 1.23 bits per heavy atom. The van der Waals surface area contributed by atoms with Gasteiger partial charge >= 0.3 is 0 Å². The minimum Gasteiger partial charge on any atom is -0.396 e. The number of halogens is 2. The van der Waals surface area contributed by atoms with E-state index >= 15 is 0 Å². The van der Waals surface area contributed by atoms with Gasteiger partial charge in [-0.25, -0.2) is 8.78 Å². The third-order valence-corrected chi connectivity index (χ3v) is 5.68. The van der Waals surface area contributed by atoms with Crippen LogP contribution in [-0.2, 0) is 11.2 Å². The summed E-state index contributed by atoms with van der Waals surface area (Å²) in [5.74, 6) is -0.845. The molecule has 0 bridgehead atoms. The van der Waals surface area contributed by atoms with Crippen molar-refractivity contribution < 1.29 is 18.7 Å². The highest BCUT2D eigenvalue weighted by molar-refractivity contribution is 5.79. The van der Waals surface area contributed by atoms with E-state index in [9.17, 15) is 18.7 Å². The lowest BCUT2D eigenvalue weighted by molar-refractivity contribution is -0.125. The average Bonchev–Trinajstić information content (AvgIpc) is 3.26. The third kappa shape index (κ3) is 4.96. The largest absolute Gasteiger partial charge is 0.396 e. The van der Waals surface area contributed by atoms with Crippen LogP contribution in [0.2, 0.25) is 0 Å². The van der Waals surface area contributed by atoms with E-state index in [1.807, 2.05) is 12.1 Å². The molecule has 2 aromatic heterocycles. The van der Waals surface area contributed by atoms with Gasteiger partial charge in [-0.3, -0.25) is 4.79 Å². The van der Waals surface area contributed by atoms with Crippen LogP contribution in [0.1, 0.15) is 18.4 Å². The number of hydrogen-bond acceptors (Lipinski definition) is 6. The number of nitrogens with one attached hydrogen (secondary N) is 1. The number of rotatable bonds is 7. The zero-order valence-electron chi connectivity index (χ0n) is 16.9. The highest BCUT2D eigenvalue weighted by atomic mass is 19.1. The maximum atomic E-state index is 13.8. The van der Waals surface area contributed by atoms with Gasteiger partial charge in [0.25, 0.3) is 0 Å². The van der Waals surface area contributed by atoms with Crippen LogP contribution in [-0.4, -0.2) is 57.1 Å². The number of anilines is 1. The molecule has 0 radical (unpaired) electrons. The Hall–Kier alpha value is -3.14. The smallest absolute Gasteiger partial charge is 0.223 e. The fourth-order valence-corrected chi connectivity index (χ4v) is 3.86. The summed E-state index contributed by atoms with van der Waals surface area (Å²) in [7, 11) is 0. The van der Waals surface area contributed by atoms with Gasteiger partial charge in [0.2, 0.25) is 5.91 Å². The Bertz CT molecular complexity index is 1050. The normalized spacial score (nSPS) is 15.9. The number of aliphatic hydroxyl groups excluding tert-OH is 1. The summed E-state index contributed by atoms with van der Waals surface area (Å²) in [6.45, 7) is 1.36. The molecule has 1 atom stereocenters. The summed E-state index contributed by atoms with van der Waals surface area (Å²) in [5.41, 5.74) is 0.869. The number of amides is 1. The van der Waals surface area contributed by atoms with E-state index in [0.29, 0.717) is 31.6 Å². The summed E-state index contributed by atoms with van der Waals surface area (Å²) < 4.78 is 28.8. The van der Waals surface area contributed by atoms with Crippen LogP contribution in [0.15, 0.2) is 36.7 Å². The minimum atomic E-state index is -0.526. The van der Waals surface area contributed by atoms with Crippen LogP contribution < -0.4 is 10.2 Å². The first-order chi connectivity index (χ1) is 15.0. The van der Waals surface area contributed by atoms with Crippen LogP contribution in [0.25, 0.3) is 5.65 Å². The molecule has 1 fully saturated rings. The Morgan fingerprint density at radius 3 is 2.81 bits per heavy atom. The summed E-state index contributed by atoms with van der Waals surface area (Å²) in [6.07, 6.45) is 3.05. The number of piperidine rings is 1. The maximum Gasteiger partial charge on any atom is 0.223 e. The number of fused-ring (bicyclic) bond motifs is 1. The molecule has 31 heavy (non-hydrogen) atoms. The van der Waals surface area contributed by atoms with Crippen LogP contribution in [0, 0.1) is 23.5 Å². The monoisotopic (exact) mass is 430 g/mol. The number of carbonyl (C=O) groups excluding carboxylic acids is 1. The Labute approximate surface area is 177 Å². The van der Waals surface area contributed by atoms with Gasteiger partial charge in [0.15, 0.2) is 5.65 Å². The van der Waals surface area contributed by atoms with Crippen LogP contribution >= 0.6 is 0 Å². The van der Waals surface area contributed by atoms with Crippen LogP contribution in [0.4, 0.5) is 14.6 Å². The average molecular weight is 430 g/mol. The molecule has 8 nitrogen and oxygen atoms in total. The molecule has 0 saturated carbocycles. The van der Waals surface area contributed by atoms with Gasteiger partial charge in [-0.1, -0.05) is 0 Å². The van der Waals surface area contributed by atoms with Crippen molar-refractivity contribution in [1.29, 1.82) is 0 Å². The maximum absolute atomic E-state index is 13.8. The molecule has 1 saturated heterocycles. The van der Waals surface area contributed by atoms with Gasteiger partial charge in [-0.15, -0.1) is 15.3 Å². The second-order valence-corrected chi connectivity index (χ2v) is 7.82. The zero-order chi connectivity index (χ0) is 21.8. The van der Waals surface area contributed by atoms with Crippen molar-refractivity contribution in [1.82, 2.24) is 25.1 Å². The fraction of sp³-hybridized carbons (Fsp3) is 0.429. The van der Waals surface area contributed by atoms with E-state index in [0.717, 1.165) is 24.0 Å². The topological polar surface area (TPSA) is 95.7 Å². The van der Waals surface area contributed by atoms with Gasteiger partial charge < -0.3 is 15.3 Å². The zero-order valence-corrected chi connectivity index (χ0v) is 16.9. The van der Waals surface area contributed by atoms with Gasteiger partial charge in [-0.2, -0.15) is 4.52 Å². The van der Waals surface area contributed by atoms with E-state index in [4.69, 9.17) is 0 Å². The van der Waals surface area contributed by atoms with E-state index in [1.165, 1.54) is 0 Å². The van der Waals surface area contributed by atoms with Crippen molar-refractivity contribution in [2.45, 2.75) is 19.3 Å². The Kier molecular flexibility index (Phi) is 6.36. The minimum absolute atomic E-state index is 0.0833. The lowest BCUT2D eigenvalue weighted by Crippen LogP contribution is -2.42. The number of aromatic nitrogens is 4. The lowest BCUT2D eigenvalue weighted by atomic mass is 9.95. The number of benzene rings is 1. The standard InChI is InChI=1S/C21H24F2N6O2/c22-17-1-2-18(23)16(10-17)9-14(12-30)11-24-21(31)15-5-7-28(8-6-15)20-4-3-19-26-25-13-29(19)27-20/h1-4,10,13-15,30H,5-9,11-12H2,(H,24,31).